The van der Waals surface area contributed by atoms with Gasteiger partial charge in [-0.2, -0.15) is 0 Å². The van der Waals surface area contributed by atoms with Crippen molar-refractivity contribution in [3.8, 4) is 5.75 Å². The molecule has 1 N–H and O–H groups in total. The van der Waals surface area contributed by atoms with Crippen LogP contribution in [0.5, 0.6) is 5.75 Å². The van der Waals surface area contributed by atoms with Crippen LogP contribution in [0.3, 0.4) is 0 Å². The molecule has 0 aliphatic heterocycles. The number of nitrogens with zero attached hydrogens (tertiary/aromatic N) is 1. The Labute approximate surface area is 122 Å². The van der Waals surface area contributed by atoms with Gasteiger partial charge in [0.05, 0.1) is 12.7 Å². The van der Waals surface area contributed by atoms with Gasteiger partial charge in [0.25, 0.3) is 5.91 Å². The highest BCUT2D eigenvalue weighted by atomic mass is 32.2. The Morgan fingerprint density at radius 3 is 2.90 bits per heavy atom. The predicted octanol–water partition coefficient (Wildman–Crippen LogP) is 2.74. The zero-order valence-electron chi connectivity index (χ0n) is 11.4. The average molecular weight is 288 g/mol. The molecule has 0 atom stereocenters. The van der Waals surface area contributed by atoms with Crippen molar-refractivity contribution < 1.29 is 9.53 Å². The van der Waals surface area contributed by atoms with Crippen molar-refractivity contribution in [3.05, 3.63) is 53.9 Å². The maximum absolute atomic E-state index is 12.2. The van der Waals surface area contributed by atoms with Gasteiger partial charge in [0.15, 0.2) is 0 Å². The summed E-state index contributed by atoms with van der Waals surface area (Å²) >= 11 is 1.61. The molecule has 5 heteroatoms. The molecular formula is C15H16N2O2S. The van der Waals surface area contributed by atoms with Crippen molar-refractivity contribution in [2.75, 3.05) is 13.4 Å². The number of carbonyl (C=O) groups excluding carboxylic acids is 1. The van der Waals surface area contributed by atoms with Crippen LogP contribution in [0.25, 0.3) is 0 Å². The maximum atomic E-state index is 12.2. The highest BCUT2D eigenvalue weighted by Crippen LogP contribution is 2.25. The number of amides is 1. The normalized spacial score (nSPS) is 10.1. The Balaban J connectivity index is 2.09. The van der Waals surface area contributed by atoms with Gasteiger partial charge in [-0.15, -0.1) is 11.8 Å². The van der Waals surface area contributed by atoms with Crippen LogP contribution in [0, 0.1) is 0 Å². The molecule has 0 bridgehead atoms. The lowest BCUT2D eigenvalue weighted by Crippen LogP contribution is -2.23. The fraction of sp³-hybridized carbons (Fsp3) is 0.200. The molecule has 1 aromatic heterocycles. The number of nitrogens with one attached hydrogen (secondary N) is 1. The number of ether oxygens (including phenoxy) is 1. The predicted molar refractivity (Wildman–Crippen MR) is 80.2 cm³/mol. The van der Waals surface area contributed by atoms with Gasteiger partial charge in [-0.05, 0) is 36.1 Å². The molecule has 4 nitrogen and oxygen atoms in total. The summed E-state index contributed by atoms with van der Waals surface area (Å²) in [6.07, 6.45) is 5.42. The van der Waals surface area contributed by atoms with E-state index in [1.165, 1.54) is 0 Å². The van der Waals surface area contributed by atoms with Gasteiger partial charge < -0.3 is 10.1 Å². The van der Waals surface area contributed by atoms with Gasteiger partial charge in [0.2, 0.25) is 0 Å². The summed E-state index contributed by atoms with van der Waals surface area (Å²) in [5.74, 6) is 0.430. The number of pyridine rings is 1. The lowest BCUT2D eigenvalue weighted by atomic mass is 10.2. The number of rotatable bonds is 5. The third-order valence-electron chi connectivity index (χ3n) is 2.83. The minimum atomic E-state index is -0.154. The summed E-state index contributed by atoms with van der Waals surface area (Å²) in [4.78, 5) is 17.3. The standard InChI is InChI=1S/C15H16N2O2S/c1-19-14-8-12(20-2)5-6-13(14)15(18)17-10-11-4-3-7-16-9-11/h3-9H,10H2,1-2H3,(H,17,18). The van der Waals surface area contributed by atoms with E-state index in [0.717, 1.165) is 10.5 Å². The Hall–Kier alpha value is -2.01. The second kappa shape index (κ2) is 6.96. The molecule has 2 aromatic rings. The average Bonchev–Trinajstić information content (AvgIpc) is 2.52. The maximum Gasteiger partial charge on any atom is 0.255 e. The molecular weight excluding hydrogens is 272 g/mol. The van der Waals surface area contributed by atoms with Gasteiger partial charge in [0.1, 0.15) is 5.75 Å². The summed E-state index contributed by atoms with van der Waals surface area (Å²) in [5.41, 5.74) is 1.50. The SMILES string of the molecule is COc1cc(SC)ccc1C(=O)NCc1cccnc1. The van der Waals surface area contributed by atoms with Crippen molar-refractivity contribution in [1.29, 1.82) is 0 Å². The van der Waals surface area contributed by atoms with E-state index in [4.69, 9.17) is 4.74 Å². The summed E-state index contributed by atoms with van der Waals surface area (Å²) in [7, 11) is 1.57. The van der Waals surface area contributed by atoms with Gasteiger partial charge >= 0.3 is 0 Å². The highest BCUT2D eigenvalue weighted by Gasteiger charge is 2.12. The van der Waals surface area contributed by atoms with Crippen LogP contribution in [0.15, 0.2) is 47.6 Å². The molecule has 0 saturated carbocycles. The number of benzene rings is 1. The minimum Gasteiger partial charge on any atom is -0.496 e. The van der Waals surface area contributed by atoms with Crippen LogP contribution in [-0.4, -0.2) is 24.3 Å². The second-order valence-corrected chi connectivity index (χ2v) is 4.99. The molecule has 20 heavy (non-hydrogen) atoms. The number of hydrogen-bond donors (Lipinski definition) is 1. The Morgan fingerprint density at radius 1 is 1.40 bits per heavy atom. The Bertz CT molecular complexity index is 588. The smallest absolute Gasteiger partial charge is 0.255 e. The lowest BCUT2D eigenvalue weighted by Gasteiger charge is -2.10. The van der Waals surface area contributed by atoms with Crippen molar-refractivity contribution in [2.45, 2.75) is 11.4 Å². The zero-order chi connectivity index (χ0) is 14.4. The van der Waals surface area contributed by atoms with Crippen LogP contribution in [0.4, 0.5) is 0 Å². The van der Waals surface area contributed by atoms with E-state index in [9.17, 15) is 4.79 Å². The molecule has 0 unspecified atom stereocenters. The van der Waals surface area contributed by atoms with E-state index >= 15 is 0 Å². The molecule has 0 saturated heterocycles. The zero-order valence-corrected chi connectivity index (χ0v) is 12.2. The van der Waals surface area contributed by atoms with E-state index in [-0.39, 0.29) is 5.91 Å². The van der Waals surface area contributed by atoms with Crippen molar-refractivity contribution >= 4 is 17.7 Å². The first kappa shape index (κ1) is 14.4. The second-order valence-electron chi connectivity index (χ2n) is 4.11. The number of carbonyl (C=O) groups is 1. The highest BCUT2D eigenvalue weighted by molar-refractivity contribution is 7.98. The third-order valence-corrected chi connectivity index (χ3v) is 3.55. The van der Waals surface area contributed by atoms with E-state index in [1.807, 2.05) is 30.5 Å². The Morgan fingerprint density at radius 2 is 2.25 bits per heavy atom. The van der Waals surface area contributed by atoms with Crippen molar-refractivity contribution in [2.24, 2.45) is 0 Å². The number of methoxy groups -OCH3 is 1. The first-order chi connectivity index (χ1) is 9.74. The summed E-state index contributed by atoms with van der Waals surface area (Å²) in [6, 6.07) is 9.32. The molecule has 104 valence electrons. The molecule has 1 heterocycles. The monoisotopic (exact) mass is 288 g/mol. The van der Waals surface area contributed by atoms with Gasteiger partial charge in [-0.25, -0.2) is 0 Å². The van der Waals surface area contributed by atoms with Gasteiger partial charge in [-0.1, -0.05) is 6.07 Å². The molecule has 0 radical (unpaired) electrons. The van der Waals surface area contributed by atoms with Crippen molar-refractivity contribution in [1.82, 2.24) is 10.3 Å². The van der Waals surface area contributed by atoms with Crippen LogP contribution in [0.1, 0.15) is 15.9 Å². The molecule has 1 amide bonds. The van der Waals surface area contributed by atoms with E-state index in [1.54, 1.807) is 37.3 Å². The Kier molecular flexibility index (Phi) is 5.01. The van der Waals surface area contributed by atoms with Crippen LogP contribution >= 0.6 is 11.8 Å². The summed E-state index contributed by atoms with van der Waals surface area (Å²) in [5, 5.41) is 2.86. The van der Waals surface area contributed by atoms with Gasteiger partial charge in [0, 0.05) is 23.8 Å². The summed E-state index contributed by atoms with van der Waals surface area (Å²) < 4.78 is 5.27. The topological polar surface area (TPSA) is 51.2 Å². The molecule has 2 rings (SSSR count). The summed E-state index contributed by atoms with van der Waals surface area (Å²) in [6.45, 7) is 0.445. The number of thioether (sulfide) groups is 1. The molecule has 0 aliphatic carbocycles. The first-order valence-corrected chi connectivity index (χ1v) is 7.36. The number of hydrogen-bond acceptors (Lipinski definition) is 4. The number of aromatic nitrogens is 1. The third kappa shape index (κ3) is 3.51. The van der Waals surface area contributed by atoms with Crippen LogP contribution < -0.4 is 10.1 Å². The van der Waals surface area contributed by atoms with Crippen LogP contribution in [0.2, 0.25) is 0 Å². The van der Waals surface area contributed by atoms with Crippen molar-refractivity contribution in [3.63, 3.8) is 0 Å². The van der Waals surface area contributed by atoms with E-state index in [2.05, 4.69) is 10.3 Å². The quantitative estimate of drug-likeness (QED) is 0.860. The van der Waals surface area contributed by atoms with Crippen LogP contribution in [-0.2, 0) is 6.54 Å². The minimum absolute atomic E-state index is 0.154. The van der Waals surface area contributed by atoms with E-state index < -0.39 is 0 Å². The lowest BCUT2D eigenvalue weighted by molar-refractivity contribution is 0.0948. The fourth-order valence-electron chi connectivity index (χ4n) is 1.77. The first-order valence-electron chi connectivity index (χ1n) is 6.13. The molecule has 0 aliphatic rings. The molecule has 0 fully saturated rings. The molecule has 1 aromatic carbocycles. The fourth-order valence-corrected chi connectivity index (χ4v) is 2.20. The van der Waals surface area contributed by atoms with Gasteiger partial charge in [-0.3, -0.25) is 9.78 Å². The largest absolute Gasteiger partial charge is 0.496 e. The molecule has 0 spiro atoms. The van der Waals surface area contributed by atoms with E-state index in [0.29, 0.717) is 17.9 Å².